The van der Waals surface area contributed by atoms with Crippen LogP contribution in [0.25, 0.3) is 0 Å². The molecular weight excluding hydrogens is 210 g/mol. The van der Waals surface area contributed by atoms with Crippen LogP contribution in [0.2, 0.25) is 0 Å². The van der Waals surface area contributed by atoms with Crippen LogP contribution < -0.4 is 4.90 Å². The normalized spacial score (nSPS) is 10.4. The van der Waals surface area contributed by atoms with E-state index in [4.69, 9.17) is 16.3 Å². The lowest BCUT2D eigenvalue weighted by atomic mass is 10.1. The van der Waals surface area contributed by atoms with Gasteiger partial charge in [-0.3, -0.25) is 0 Å². The SMILES string of the molecule is COCCN(C)c1ccc(CCl)cc1C. The van der Waals surface area contributed by atoms with Crippen molar-refractivity contribution >= 4 is 17.3 Å². The molecule has 0 fully saturated rings. The molecule has 0 saturated carbocycles. The molecule has 1 aromatic carbocycles. The molecule has 1 aromatic rings. The van der Waals surface area contributed by atoms with Gasteiger partial charge in [-0.2, -0.15) is 0 Å². The number of likely N-dealkylation sites (N-methyl/N-ethyl adjacent to an activating group) is 1. The fourth-order valence-corrected chi connectivity index (χ4v) is 1.74. The van der Waals surface area contributed by atoms with E-state index >= 15 is 0 Å². The van der Waals surface area contributed by atoms with Crippen molar-refractivity contribution in [2.45, 2.75) is 12.8 Å². The van der Waals surface area contributed by atoms with Crippen LogP contribution in [0.3, 0.4) is 0 Å². The lowest BCUT2D eigenvalue weighted by Crippen LogP contribution is -2.22. The molecule has 0 aliphatic carbocycles. The van der Waals surface area contributed by atoms with E-state index in [9.17, 15) is 0 Å². The van der Waals surface area contributed by atoms with Gasteiger partial charge in [0, 0.05) is 32.3 Å². The minimum absolute atomic E-state index is 0.572. The Morgan fingerprint density at radius 2 is 2.13 bits per heavy atom. The van der Waals surface area contributed by atoms with E-state index in [-0.39, 0.29) is 0 Å². The van der Waals surface area contributed by atoms with Gasteiger partial charge in [0.05, 0.1) is 6.61 Å². The molecule has 0 amide bonds. The highest BCUT2D eigenvalue weighted by Gasteiger charge is 2.04. The summed E-state index contributed by atoms with van der Waals surface area (Å²) in [5, 5.41) is 0. The number of halogens is 1. The predicted molar refractivity (Wildman–Crippen MR) is 65.9 cm³/mol. The molecule has 1 rings (SSSR count). The maximum absolute atomic E-state index is 5.78. The Bertz CT molecular complexity index is 314. The number of aryl methyl sites for hydroxylation is 1. The quantitative estimate of drug-likeness (QED) is 0.718. The molecule has 2 nitrogen and oxygen atoms in total. The van der Waals surface area contributed by atoms with Gasteiger partial charge in [-0.15, -0.1) is 11.6 Å². The van der Waals surface area contributed by atoms with E-state index in [1.165, 1.54) is 11.3 Å². The summed E-state index contributed by atoms with van der Waals surface area (Å²) in [5.41, 5.74) is 3.66. The summed E-state index contributed by atoms with van der Waals surface area (Å²) in [6.45, 7) is 3.75. The summed E-state index contributed by atoms with van der Waals surface area (Å²) >= 11 is 5.78. The van der Waals surface area contributed by atoms with Gasteiger partial charge in [-0.1, -0.05) is 12.1 Å². The molecule has 0 unspecified atom stereocenters. The van der Waals surface area contributed by atoms with Gasteiger partial charge in [0.1, 0.15) is 0 Å². The van der Waals surface area contributed by atoms with Gasteiger partial charge in [-0.05, 0) is 24.1 Å². The molecule has 0 radical (unpaired) electrons. The standard InChI is InChI=1S/C12H18ClNO/c1-10-8-11(9-13)4-5-12(10)14(2)6-7-15-3/h4-5,8H,6-7,9H2,1-3H3. The van der Waals surface area contributed by atoms with Crippen molar-refractivity contribution in [1.29, 1.82) is 0 Å². The number of ether oxygens (including phenoxy) is 1. The third-order valence-electron chi connectivity index (χ3n) is 2.46. The highest BCUT2D eigenvalue weighted by molar-refractivity contribution is 6.17. The summed E-state index contributed by atoms with van der Waals surface area (Å²) in [7, 11) is 3.79. The Kier molecular flexibility index (Phi) is 4.92. The zero-order valence-corrected chi connectivity index (χ0v) is 10.3. The van der Waals surface area contributed by atoms with E-state index in [0.717, 1.165) is 18.7 Å². The largest absolute Gasteiger partial charge is 0.383 e. The van der Waals surface area contributed by atoms with Gasteiger partial charge >= 0.3 is 0 Å². The Morgan fingerprint density at radius 3 is 2.67 bits per heavy atom. The van der Waals surface area contributed by atoms with Crippen molar-refractivity contribution < 1.29 is 4.74 Å². The summed E-state index contributed by atoms with van der Waals surface area (Å²) < 4.78 is 5.06. The molecular formula is C12H18ClNO. The first-order valence-electron chi connectivity index (χ1n) is 5.04. The second-order valence-electron chi connectivity index (χ2n) is 3.67. The van der Waals surface area contributed by atoms with Crippen LogP contribution in [-0.4, -0.2) is 27.3 Å². The van der Waals surface area contributed by atoms with Crippen LogP contribution in [0.4, 0.5) is 5.69 Å². The molecule has 0 aliphatic rings. The fourth-order valence-electron chi connectivity index (χ4n) is 1.58. The maximum Gasteiger partial charge on any atom is 0.0637 e. The summed E-state index contributed by atoms with van der Waals surface area (Å²) in [6, 6.07) is 6.31. The molecule has 0 heterocycles. The number of hydrogen-bond donors (Lipinski definition) is 0. The number of benzene rings is 1. The Balaban J connectivity index is 2.76. The second-order valence-corrected chi connectivity index (χ2v) is 3.94. The van der Waals surface area contributed by atoms with Gasteiger partial charge in [0.25, 0.3) is 0 Å². The first-order valence-corrected chi connectivity index (χ1v) is 5.58. The van der Waals surface area contributed by atoms with Gasteiger partial charge in [0.15, 0.2) is 0 Å². The van der Waals surface area contributed by atoms with Gasteiger partial charge in [-0.25, -0.2) is 0 Å². The van der Waals surface area contributed by atoms with Crippen LogP contribution in [0.5, 0.6) is 0 Å². The number of nitrogens with zero attached hydrogens (tertiary/aromatic N) is 1. The summed E-state index contributed by atoms with van der Waals surface area (Å²) in [5.74, 6) is 0.572. The Morgan fingerprint density at radius 1 is 1.40 bits per heavy atom. The molecule has 84 valence electrons. The first kappa shape index (κ1) is 12.3. The molecule has 0 aromatic heterocycles. The van der Waals surface area contributed by atoms with Crippen LogP contribution in [0.15, 0.2) is 18.2 Å². The molecule has 0 spiro atoms. The molecule has 0 N–H and O–H groups in total. The number of alkyl halides is 1. The van der Waals surface area contributed by atoms with Crippen LogP contribution in [-0.2, 0) is 10.6 Å². The number of hydrogen-bond acceptors (Lipinski definition) is 2. The van der Waals surface area contributed by atoms with Crippen LogP contribution in [0, 0.1) is 6.92 Å². The average molecular weight is 228 g/mol. The lowest BCUT2D eigenvalue weighted by molar-refractivity contribution is 0.206. The lowest BCUT2D eigenvalue weighted by Gasteiger charge is -2.21. The third kappa shape index (κ3) is 3.40. The van der Waals surface area contributed by atoms with Crippen molar-refractivity contribution in [1.82, 2.24) is 0 Å². The molecule has 0 bridgehead atoms. The van der Waals surface area contributed by atoms with E-state index < -0.39 is 0 Å². The van der Waals surface area contributed by atoms with E-state index in [1.54, 1.807) is 7.11 Å². The Hall–Kier alpha value is -0.730. The number of rotatable bonds is 5. The summed E-state index contributed by atoms with van der Waals surface area (Å²) in [4.78, 5) is 2.19. The Labute approximate surface area is 96.8 Å². The maximum atomic E-state index is 5.78. The first-order chi connectivity index (χ1) is 7.19. The van der Waals surface area contributed by atoms with Crippen molar-refractivity contribution in [2.75, 3.05) is 32.2 Å². The van der Waals surface area contributed by atoms with Gasteiger partial charge < -0.3 is 9.64 Å². The minimum Gasteiger partial charge on any atom is -0.383 e. The average Bonchev–Trinajstić information content (AvgIpc) is 2.25. The topological polar surface area (TPSA) is 12.5 Å². The van der Waals surface area contributed by atoms with Crippen molar-refractivity contribution in [3.63, 3.8) is 0 Å². The van der Waals surface area contributed by atoms with E-state index in [0.29, 0.717) is 5.88 Å². The number of methoxy groups -OCH3 is 1. The molecule has 15 heavy (non-hydrogen) atoms. The van der Waals surface area contributed by atoms with Crippen molar-refractivity contribution in [3.05, 3.63) is 29.3 Å². The second kappa shape index (κ2) is 5.99. The smallest absolute Gasteiger partial charge is 0.0637 e. The zero-order chi connectivity index (χ0) is 11.3. The number of anilines is 1. The highest BCUT2D eigenvalue weighted by Crippen LogP contribution is 2.20. The molecule has 0 aliphatic heterocycles. The van der Waals surface area contributed by atoms with Crippen molar-refractivity contribution in [2.24, 2.45) is 0 Å². The molecule has 0 saturated heterocycles. The van der Waals surface area contributed by atoms with E-state index in [2.05, 4.69) is 37.1 Å². The van der Waals surface area contributed by atoms with Crippen LogP contribution in [0.1, 0.15) is 11.1 Å². The summed E-state index contributed by atoms with van der Waals surface area (Å²) in [6.07, 6.45) is 0. The minimum atomic E-state index is 0.572. The van der Waals surface area contributed by atoms with Gasteiger partial charge in [0.2, 0.25) is 0 Å². The van der Waals surface area contributed by atoms with E-state index in [1.807, 2.05) is 0 Å². The van der Waals surface area contributed by atoms with Crippen LogP contribution >= 0.6 is 11.6 Å². The van der Waals surface area contributed by atoms with Crippen molar-refractivity contribution in [3.8, 4) is 0 Å². The monoisotopic (exact) mass is 227 g/mol. The highest BCUT2D eigenvalue weighted by atomic mass is 35.5. The zero-order valence-electron chi connectivity index (χ0n) is 9.59. The third-order valence-corrected chi connectivity index (χ3v) is 2.77. The predicted octanol–water partition coefficient (Wildman–Crippen LogP) is 2.82. The molecule has 3 heteroatoms. The molecule has 0 atom stereocenters. The fraction of sp³-hybridized carbons (Fsp3) is 0.500.